The first-order valence-corrected chi connectivity index (χ1v) is 24.3. The van der Waals surface area contributed by atoms with Crippen LogP contribution in [-0.2, 0) is 56.0 Å². The minimum atomic E-state index is -1.69. The summed E-state index contributed by atoms with van der Waals surface area (Å²) in [5.41, 5.74) is 12.6. The molecular weight excluding hydrogens is 933 g/mol. The molecule has 26 nitrogen and oxygen atoms in total. The molecule has 1 saturated heterocycles. The molecule has 68 heavy (non-hydrogen) atoms. The highest BCUT2D eigenvalue weighted by atomic mass is 33.1. The maximum absolute atomic E-state index is 14.0. The number of aromatic nitrogens is 4. The lowest BCUT2D eigenvalue weighted by molar-refractivity contribution is -0.141. The highest BCUT2D eigenvalue weighted by molar-refractivity contribution is 8.76. The van der Waals surface area contributed by atoms with Gasteiger partial charge in [-0.1, -0.05) is 35.4 Å². The SMILES string of the molecule is CC(C)C[C@@H]1NC(=O)[C@H](C)NC(=O)[C@H](CO)NC(=O)[C@H](Cc2cnc[nH]2)NC(=O)[C@@H](N)CSSC[C@@H](C(=O)O)NC(=O)[C@H](Cc2cnc[nH]2)NC(=O)[C@H](CCCCN)NC(=O)[C@H]([C@@H](C)O)NC1=O. The van der Waals surface area contributed by atoms with Crippen molar-refractivity contribution in [2.24, 2.45) is 17.4 Å². The molecule has 0 aliphatic carbocycles. The number of carboxylic acid groups (broad SMARTS) is 1. The Balaban J connectivity index is 2.02. The Kier molecular flexibility index (Phi) is 23.7. The standard InChI is InChI=1S/C40H64N14O12S2/c1-19(2)9-26-37(62)54-31(21(4)56)39(64)48-25(7-5-6-8-41)34(59)51-28(11-23-13-44-18-46-23)36(61)53-30(40(65)66)16-68-67-15-24(42)33(58)50-27(10-22-12-43-17-45-22)35(60)52-29(14-55)38(63)47-20(3)32(57)49-26/h12-13,17-21,24-31,55-56H,5-11,14-16,41-42H2,1-4H3,(H,43,45)(H,44,46)(H,47,63)(H,48,64)(H,49,57)(H,50,58)(H,51,59)(H,52,60)(H,53,61)(H,54,62)(H,65,66)/t20-,21+,24-,25-,26-,27-,28-,29-,30-,31-/m0/s1. The summed E-state index contributed by atoms with van der Waals surface area (Å²) in [7, 11) is 1.95. The number of hydrogen-bond acceptors (Lipinski definition) is 17. The van der Waals surface area contributed by atoms with Crippen molar-refractivity contribution in [1.82, 2.24) is 62.5 Å². The van der Waals surface area contributed by atoms with Crippen molar-refractivity contribution in [2.75, 3.05) is 24.7 Å². The number of carbonyl (C=O) groups excluding carboxylic acids is 8. The minimum absolute atomic E-state index is 0.0127. The van der Waals surface area contributed by atoms with Gasteiger partial charge in [-0.15, -0.1) is 0 Å². The molecule has 1 fully saturated rings. The van der Waals surface area contributed by atoms with Crippen LogP contribution < -0.4 is 54.0 Å². The maximum Gasteiger partial charge on any atom is 0.327 e. The molecule has 3 heterocycles. The summed E-state index contributed by atoms with van der Waals surface area (Å²) in [6.45, 7) is 5.29. The molecule has 28 heteroatoms. The van der Waals surface area contributed by atoms with Gasteiger partial charge in [-0.25, -0.2) is 14.8 Å². The van der Waals surface area contributed by atoms with Crippen LogP contribution >= 0.6 is 21.6 Å². The molecular formula is C40H64N14O12S2. The Bertz CT molecular complexity index is 1990. The van der Waals surface area contributed by atoms with Gasteiger partial charge in [0, 0.05) is 48.1 Å². The number of nitrogens with one attached hydrogen (secondary N) is 10. The van der Waals surface area contributed by atoms with Gasteiger partial charge in [-0.3, -0.25) is 38.4 Å². The number of aliphatic hydroxyl groups excluding tert-OH is 2. The molecule has 0 spiro atoms. The summed E-state index contributed by atoms with van der Waals surface area (Å²) >= 11 is 0. The van der Waals surface area contributed by atoms with E-state index in [9.17, 15) is 58.5 Å². The number of nitrogens with two attached hydrogens (primary N) is 2. The quantitative estimate of drug-likeness (QED) is 0.0661. The van der Waals surface area contributed by atoms with Gasteiger partial charge in [0.05, 0.1) is 31.4 Å². The number of unbranched alkanes of at least 4 members (excludes halogenated alkanes) is 1. The second-order valence-electron chi connectivity index (χ2n) is 16.5. The van der Waals surface area contributed by atoms with Crippen LogP contribution in [0.4, 0.5) is 0 Å². The molecule has 0 saturated carbocycles. The predicted octanol–water partition coefficient (Wildman–Crippen LogP) is -4.83. The molecule has 0 radical (unpaired) electrons. The van der Waals surface area contributed by atoms with Crippen LogP contribution in [0.15, 0.2) is 25.0 Å². The molecule has 0 unspecified atom stereocenters. The van der Waals surface area contributed by atoms with Gasteiger partial charge in [0.15, 0.2) is 0 Å². The van der Waals surface area contributed by atoms with Crippen molar-refractivity contribution in [1.29, 1.82) is 0 Å². The van der Waals surface area contributed by atoms with E-state index in [2.05, 4.69) is 62.5 Å². The summed E-state index contributed by atoms with van der Waals surface area (Å²) in [5.74, 6) is -9.33. The van der Waals surface area contributed by atoms with E-state index in [1.165, 1.54) is 38.9 Å². The van der Waals surface area contributed by atoms with E-state index >= 15 is 0 Å². The number of aliphatic carboxylic acids is 1. The van der Waals surface area contributed by atoms with Gasteiger partial charge >= 0.3 is 5.97 Å². The lowest BCUT2D eigenvalue weighted by atomic mass is 10.0. The number of rotatable bonds is 13. The lowest BCUT2D eigenvalue weighted by Crippen LogP contribution is -2.62. The average molecular weight is 997 g/mol. The van der Waals surface area contributed by atoms with Crippen molar-refractivity contribution in [3.63, 3.8) is 0 Å². The Morgan fingerprint density at radius 3 is 1.71 bits per heavy atom. The molecule has 10 atom stereocenters. The van der Waals surface area contributed by atoms with Crippen LogP contribution in [0, 0.1) is 5.92 Å². The molecule has 8 amide bonds. The van der Waals surface area contributed by atoms with E-state index in [0.717, 1.165) is 21.6 Å². The van der Waals surface area contributed by atoms with E-state index in [1.54, 1.807) is 13.8 Å². The van der Waals surface area contributed by atoms with Crippen LogP contribution in [0.1, 0.15) is 64.8 Å². The van der Waals surface area contributed by atoms with Gasteiger partial charge in [0.1, 0.15) is 48.3 Å². The average Bonchev–Trinajstić information content (AvgIpc) is 4.01. The molecule has 0 aromatic carbocycles. The predicted molar refractivity (Wildman–Crippen MR) is 247 cm³/mol. The van der Waals surface area contributed by atoms with Crippen LogP contribution in [0.2, 0.25) is 0 Å². The Morgan fingerprint density at radius 2 is 1.18 bits per heavy atom. The zero-order chi connectivity index (χ0) is 50.5. The van der Waals surface area contributed by atoms with E-state index in [1.807, 2.05) is 0 Å². The molecule has 2 aromatic rings. The number of H-pyrrole nitrogens is 2. The zero-order valence-corrected chi connectivity index (χ0v) is 39.7. The van der Waals surface area contributed by atoms with Crippen molar-refractivity contribution in [2.45, 2.75) is 127 Å². The smallest absolute Gasteiger partial charge is 0.327 e. The van der Waals surface area contributed by atoms with Crippen LogP contribution in [0.3, 0.4) is 0 Å². The number of carboxylic acids is 1. The lowest BCUT2D eigenvalue weighted by Gasteiger charge is -2.28. The number of amides is 8. The maximum atomic E-state index is 14.0. The Labute approximate surface area is 399 Å². The van der Waals surface area contributed by atoms with Crippen molar-refractivity contribution in [3.05, 3.63) is 36.4 Å². The normalized spacial score (nSPS) is 26.8. The van der Waals surface area contributed by atoms with Gasteiger partial charge in [-0.2, -0.15) is 0 Å². The molecule has 378 valence electrons. The largest absolute Gasteiger partial charge is 0.480 e. The number of aliphatic hydroxyl groups is 2. The van der Waals surface area contributed by atoms with E-state index in [-0.39, 0.29) is 49.7 Å². The summed E-state index contributed by atoms with van der Waals surface area (Å²) in [6.07, 6.45) is 4.27. The fourth-order valence-corrected chi connectivity index (χ4v) is 8.77. The number of nitrogens with zero attached hydrogens (tertiary/aromatic N) is 2. The first-order valence-electron chi connectivity index (χ1n) is 21.8. The van der Waals surface area contributed by atoms with Gasteiger partial charge in [-0.05, 0) is 52.0 Å². The van der Waals surface area contributed by atoms with Crippen LogP contribution in [0.5, 0.6) is 0 Å². The fraction of sp³-hybridized carbons (Fsp3) is 0.625. The third-order valence-corrected chi connectivity index (χ3v) is 12.7. The summed E-state index contributed by atoms with van der Waals surface area (Å²) in [6, 6.07) is -13.0. The van der Waals surface area contributed by atoms with Crippen LogP contribution in [-0.4, -0.2) is 174 Å². The summed E-state index contributed by atoms with van der Waals surface area (Å²) in [5, 5.41) is 50.7. The second-order valence-corrected chi connectivity index (χ2v) is 19.0. The van der Waals surface area contributed by atoms with Gasteiger partial charge < -0.3 is 79.3 Å². The molecule has 17 N–H and O–H groups in total. The first kappa shape index (κ1) is 56.5. The number of imidazole rings is 2. The summed E-state index contributed by atoms with van der Waals surface area (Å²) < 4.78 is 0. The van der Waals surface area contributed by atoms with E-state index in [0.29, 0.717) is 24.2 Å². The molecule has 0 bridgehead atoms. The minimum Gasteiger partial charge on any atom is -0.480 e. The molecule has 1 aliphatic rings. The monoisotopic (exact) mass is 996 g/mol. The topological polar surface area (TPSA) is 420 Å². The summed E-state index contributed by atoms with van der Waals surface area (Å²) in [4.78, 5) is 135. The van der Waals surface area contributed by atoms with Crippen molar-refractivity contribution in [3.8, 4) is 0 Å². The third kappa shape index (κ3) is 18.7. The molecule has 1 aliphatic heterocycles. The van der Waals surface area contributed by atoms with Crippen LogP contribution in [0.25, 0.3) is 0 Å². The molecule has 2 aromatic heterocycles. The Morgan fingerprint density at radius 1 is 0.676 bits per heavy atom. The van der Waals surface area contributed by atoms with E-state index < -0.39 is 120 Å². The number of hydrogen-bond donors (Lipinski definition) is 15. The number of carbonyl (C=O) groups is 9. The highest BCUT2D eigenvalue weighted by Gasteiger charge is 2.36. The van der Waals surface area contributed by atoms with E-state index in [4.69, 9.17) is 11.5 Å². The van der Waals surface area contributed by atoms with Crippen molar-refractivity contribution < 1.29 is 58.5 Å². The second kappa shape index (κ2) is 28.5. The van der Waals surface area contributed by atoms with Crippen molar-refractivity contribution >= 4 is 74.8 Å². The third-order valence-electron chi connectivity index (χ3n) is 10.3. The fourth-order valence-electron chi connectivity index (χ4n) is 6.49. The highest BCUT2D eigenvalue weighted by Crippen LogP contribution is 2.23. The van der Waals surface area contributed by atoms with Gasteiger partial charge in [0.2, 0.25) is 47.3 Å². The zero-order valence-electron chi connectivity index (χ0n) is 38.1. The Hall–Kier alpha value is -5.81. The number of aromatic amines is 2. The first-order chi connectivity index (χ1) is 32.2. The molecule has 3 rings (SSSR count). The van der Waals surface area contributed by atoms with Gasteiger partial charge in [0.25, 0.3) is 0 Å².